The van der Waals surface area contributed by atoms with Crippen LogP contribution in [0.5, 0.6) is 0 Å². The van der Waals surface area contributed by atoms with Gasteiger partial charge in [-0.1, -0.05) is 29.4 Å². The number of hydrogen-bond acceptors (Lipinski definition) is 5. The molecule has 118 valence electrons. The second-order valence-electron chi connectivity index (χ2n) is 4.63. The minimum absolute atomic E-state index is 0.318. The van der Waals surface area contributed by atoms with Crippen LogP contribution in [0.4, 0.5) is 4.39 Å². The number of hydrogen-bond donors (Lipinski definition) is 0. The number of rotatable bonds is 5. The summed E-state index contributed by atoms with van der Waals surface area (Å²) in [4.78, 5) is 8.29. The summed E-state index contributed by atoms with van der Waals surface area (Å²) in [6, 6.07) is 4.67. The van der Waals surface area contributed by atoms with Gasteiger partial charge in [0.15, 0.2) is 11.0 Å². The molecule has 0 bridgehead atoms. The molecule has 1 aromatic carbocycles. The fourth-order valence-corrected chi connectivity index (χ4v) is 3.44. The van der Waals surface area contributed by atoms with Gasteiger partial charge in [0.2, 0.25) is 0 Å². The lowest BCUT2D eigenvalue weighted by molar-refractivity contribution is 0.617. The molecule has 0 N–H and O–H groups in total. The highest BCUT2D eigenvalue weighted by Crippen LogP contribution is 2.29. The van der Waals surface area contributed by atoms with Crippen LogP contribution in [0.3, 0.4) is 0 Å². The number of benzene rings is 1. The normalized spacial score (nSPS) is 10.9. The Morgan fingerprint density at radius 3 is 2.83 bits per heavy atom. The predicted octanol–water partition coefficient (Wildman–Crippen LogP) is 3.84. The number of thioether (sulfide) groups is 1. The van der Waals surface area contributed by atoms with Crippen LogP contribution in [0.25, 0.3) is 11.5 Å². The topological polar surface area (TPSA) is 56.5 Å². The van der Waals surface area contributed by atoms with Crippen LogP contribution < -0.4 is 0 Å². The average Bonchev–Trinajstić information content (AvgIpc) is 2.98. The number of nitrogens with zero attached hydrogens (tertiary/aromatic N) is 5. The maximum atomic E-state index is 13.8. The van der Waals surface area contributed by atoms with E-state index in [0.717, 1.165) is 0 Å². The molecule has 0 radical (unpaired) electrons. The molecule has 0 aliphatic heterocycles. The van der Waals surface area contributed by atoms with Gasteiger partial charge >= 0.3 is 0 Å². The first-order valence-electron chi connectivity index (χ1n) is 6.96. The van der Waals surface area contributed by atoms with E-state index >= 15 is 0 Å². The maximum absolute atomic E-state index is 13.8. The lowest BCUT2D eigenvalue weighted by Crippen LogP contribution is -2.01. The highest BCUT2D eigenvalue weighted by Gasteiger charge is 2.16. The Bertz CT molecular complexity index is 789. The molecule has 8 heteroatoms. The first-order valence-corrected chi connectivity index (χ1v) is 8.32. The summed E-state index contributed by atoms with van der Waals surface area (Å²) in [6.45, 7) is 2.66. The monoisotopic (exact) mass is 349 g/mol. The smallest absolute Gasteiger partial charge is 0.191 e. The SMILES string of the molecule is CCn1c(SCc2c(F)cccc2Cl)nnc1-c1cnccn1. The summed E-state index contributed by atoms with van der Waals surface area (Å²) in [7, 11) is 0. The second kappa shape index (κ2) is 7.06. The molecule has 3 aromatic rings. The van der Waals surface area contributed by atoms with Crippen molar-refractivity contribution in [1.82, 2.24) is 24.7 Å². The quantitative estimate of drug-likeness (QED) is 0.655. The third kappa shape index (κ3) is 3.35. The first-order chi connectivity index (χ1) is 11.2. The molecule has 0 fully saturated rings. The Morgan fingerprint density at radius 1 is 1.26 bits per heavy atom. The van der Waals surface area contributed by atoms with Crippen molar-refractivity contribution in [3.63, 3.8) is 0 Å². The van der Waals surface area contributed by atoms with Gasteiger partial charge in [0.1, 0.15) is 11.5 Å². The summed E-state index contributed by atoms with van der Waals surface area (Å²) in [6.07, 6.45) is 4.85. The molecule has 0 spiro atoms. The summed E-state index contributed by atoms with van der Waals surface area (Å²) in [5.41, 5.74) is 1.11. The van der Waals surface area contributed by atoms with Crippen LogP contribution in [-0.4, -0.2) is 24.7 Å². The summed E-state index contributed by atoms with van der Waals surface area (Å²) in [5, 5.41) is 9.46. The minimum Gasteiger partial charge on any atom is -0.301 e. The van der Waals surface area contributed by atoms with Crippen molar-refractivity contribution < 1.29 is 4.39 Å². The van der Waals surface area contributed by atoms with Crippen molar-refractivity contribution in [3.8, 4) is 11.5 Å². The lowest BCUT2D eigenvalue weighted by atomic mass is 10.2. The largest absolute Gasteiger partial charge is 0.301 e. The molecule has 3 rings (SSSR count). The third-order valence-corrected chi connectivity index (χ3v) is 4.58. The molecule has 0 aliphatic carbocycles. The predicted molar refractivity (Wildman–Crippen MR) is 87.7 cm³/mol. The van der Waals surface area contributed by atoms with Crippen molar-refractivity contribution >= 4 is 23.4 Å². The van der Waals surface area contributed by atoms with Gasteiger partial charge in [0.05, 0.1) is 6.20 Å². The van der Waals surface area contributed by atoms with Gasteiger partial charge in [0.25, 0.3) is 0 Å². The zero-order valence-electron chi connectivity index (χ0n) is 12.3. The molecule has 0 saturated carbocycles. The highest BCUT2D eigenvalue weighted by molar-refractivity contribution is 7.98. The average molecular weight is 350 g/mol. The van der Waals surface area contributed by atoms with Crippen LogP contribution in [0.1, 0.15) is 12.5 Å². The molecule has 0 atom stereocenters. The van der Waals surface area contributed by atoms with Gasteiger partial charge in [-0.05, 0) is 19.1 Å². The Hall–Kier alpha value is -1.99. The van der Waals surface area contributed by atoms with Crippen LogP contribution in [0.2, 0.25) is 5.02 Å². The first kappa shape index (κ1) is 15.9. The summed E-state index contributed by atoms with van der Waals surface area (Å²) in [5.74, 6) is 0.703. The van der Waals surface area contributed by atoms with Crippen molar-refractivity contribution in [3.05, 3.63) is 53.2 Å². The van der Waals surface area contributed by atoms with Crippen LogP contribution >= 0.6 is 23.4 Å². The fraction of sp³-hybridized carbons (Fsp3) is 0.200. The third-order valence-electron chi connectivity index (χ3n) is 3.23. The Balaban J connectivity index is 1.86. The highest BCUT2D eigenvalue weighted by atomic mass is 35.5. The van der Waals surface area contributed by atoms with Crippen LogP contribution in [0, 0.1) is 5.82 Å². The minimum atomic E-state index is -0.318. The van der Waals surface area contributed by atoms with Crippen molar-refractivity contribution in [2.45, 2.75) is 24.4 Å². The number of halogens is 2. The molecule has 0 amide bonds. The van der Waals surface area contributed by atoms with E-state index in [1.54, 1.807) is 30.7 Å². The number of aromatic nitrogens is 5. The van der Waals surface area contributed by atoms with Gasteiger partial charge in [-0.15, -0.1) is 10.2 Å². The summed E-state index contributed by atoms with van der Waals surface area (Å²) < 4.78 is 15.8. The van der Waals surface area contributed by atoms with E-state index in [2.05, 4.69) is 20.2 Å². The van der Waals surface area contributed by atoms with E-state index in [1.807, 2.05) is 11.5 Å². The zero-order chi connectivity index (χ0) is 16.2. The zero-order valence-corrected chi connectivity index (χ0v) is 13.9. The van der Waals surface area contributed by atoms with E-state index in [-0.39, 0.29) is 5.82 Å². The van der Waals surface area contributed by atoms with E-state index in [4.69, 9.17) is 11.6 Å². The van der Waals surface area contributed by atoms with E-state index in [1.165, 1.54) is 17.8 Å². The Labute approximate surface area is 141 Å². The standard InChI is InChI=1S/C15H13ClFN5S/c1-2-22-14(13-8-18-6-7-19-13)20-21-15(22)23-9-10-11(16)4-3-5-12(10)17/h3-8H,2,9H2,1H3. The van der Waals surface area contributed by atoms with E-state index in [9.17, 15) is 4.39 Å². The van der Waals surface area contributed by atoms with Crippen molar-refractivity contribution in [2.75, 3.05) is 0 Å². The molecule has 0 aliphatic rings. The van der Waals surface area contributed by atoms with E-state index < -0.39 is 0 Å². The van der Waals surface area contributed by atoms with Gasteiger partial charge in [0, 0.05) is 35.3 Å². The lowest BCUT2D eigenvalue weighted by Gasteiger charge is -2.08. The molecule has 2 heterocycles. The van der Waals surface area contributed by atoms with Gasteiger partial charge in [-0.2, -0.15) is 0 Å². The van der Waals surface area contributed by atoms with Crippen LogP contribution in [-0.2, 0) is 12.3 Å². The molecule has 23 heavy (non-hydrogen) atoms. The van der Waals surface area contributed by atoms with Crippen molar-refractivity contribution in [1.29, 1.82) is 0 Å². The molecule has 5 nitrogen and oxygen atoms in total. The fourth-order valence-electron chi connectivity index (χ4n) is 2.09. The second-order valence-corrected chi connectivity index (χ2v) is 5.98. The molecular weight excluding hydrogens is 337 g/mol. The van der Waals surface area contributed by atoms with Gasteiger partial charge in [-0.25, -0.2) is 9.37 Å². The molecule has 2 aromatic heterocycles. The van der Waals surface area contributed by atoms with E-state index in [0.29, 0.717) is 39.6 Å². The molecule has 0 saturated heterocycles. The molecular formula is C15H13ClFN5S. The molecule has 0 unspecified atom stereocenters. The maximum Gasteiger partial charge on any atom is 0.191 e. The van der Waals surface area contributed by atoms with Gasteiger partial charge in [-0.3, -0.25) is 4.98 Å². The van der Waals surface area contributed by atoms with Crippen molar-refractivity contribution in [2.24, 2.45) is 0 Å². The Morgan fingerprint density at radius 2 is 2.13 bits per heavy atom. The van der Waals surface area contributed by atoms with Gasteiger partial charge < -0.3 is 4.57 Å². The summed E-state index contributed by atoms with van der Waals surface area (Å²) >= 11 is 7.44. The Kier molecular flexibility index (Phi) is 4.88. The van der Waals surface area contributed by atoms with Crippen LogP contribution in [0.15, 0.2) is 41.9 Å².